The van der Waals surface area contributed by atoms with Gasteiger partial charge in [-0.15, -0.1) is 0 Å². The lowest BCUT2D eigenvalue weighted by molar-refractivity contribution is 0.263. The van der Waals surface area contributed by atoms with E-state index in [-0.39, 0.29) is 0 Å². The number of fused-ring (bicyclic) bond motifs is 1. The highest BCUT2D eigenvalue weighted by molar-refractivity contribution is 6.30. The van der Waals surface area contributed by atoms with Gasteiger partial charge in [-0.2, -0.15) is 0 Å². The van der Waals surface area contributed by atoms with Crippen molar-refractivity contribution in [3.8, 4) is 5.75 Å². The van der Waals surface area contributed by atoms with Gasteiger partial charge in [-0.3, -0.25) is 0 Å². The number of ether oxygens (including phenoxy) is 1. The number of halogens is 1. The summed E-state index contributed by atoms with van der Waals surface area (Å²) in [6.07, 6.45) is 1.06. The molecular formula is C18H20ClNO. The van der Waals surface area contributed by atoms with Crippen molar-refractivity contribution in [1.29, 1.82) is 0 Å². The lowest BCUT2D eigenvalue weighted by Gasteiger charge is -2.27. The summed E-state index contributed by atoms with van der Waals surface area (Å²) in [7, 11) is 0. The third-order valence-corrected chi connectivity index (χ3v) is 4.34. The van der Waals surface area contributed by atoms with Gasteiger partial charge in [-0.1, -0.05) is 41.9 Å². The molecule has 110 valence electrons. The Bertz CT molecular complexity index is 614. The summed E-state index contributed by atoms with van der Waals surface area (Å²) >= 11 is 6.06. The fraction of sp³-hybridized carbons (Fsp3) is 0.333. The van der Waals surface area contributed by atoms with Crippen LogP contribution in [0.1, 0.15) is 36.4 Å². The lowest BCUT2D eigenvalue weighted by Crippen LogP contribution is -2.28. The Labute approximate surface area is 131 Å². The molecular weight excluding hydrogens is 282 g/mol. The number of para-hydroxylation sites is 1. The molecule has 0 amide bonds. The molecule has 2 nitrogen and oxygen atoms in total. The second-order valence-corrected chi connectivity index (χ2v) is 5.99. The zero-order valence-electron chi connectivity index (χ0n) is 12.2. The molecule has 0 bridgehead atoms. The first-order valence-electron chi connectivity index (χ1n) is 7.44. The van der Waals surface area contributed by atoms with Crippen LogP contribution in [0.4, 0.5) is 0 Å². The molecule has 1 N–H and O–H groups in total. The standard InChI is InChI=1S/C18H20ClNO/c1-13(14-5-4-6-16(19)11-14)20-12-15-9-10-21-18-8-3-2-7-17(15)18/h2-8,11,13,15,20H,9-10,12H2,1H3/t13-,15?/m0/s1. The molecule has 1 aliphatic rings. The Balaban J connectivity index is 1.66. The Morgan fingerprint density at radius 1 is 1.24 bits per heavy atom. The molecule has 1 aliphatic heterocycles. The molecule has 0 aliphatic carbocycles. The summed E-state index contributed by atoms with van der Waals surface area (Å²) in [4.78, 5) is 0. The maximum Gasteiger partial charge on any atom is 0.122 e. The van der Waals surface area contributed by atoms with Crippen LogP contribution in [0.5, 0.6) is 5.75 Å². The van der Waals surface area contributed by atoms with Crippen LogP contribution in [0.25, 0.3) is 0 Å². The number of benzene rings is 2. The highest BCUT2D eigenvalue weighted by atomic mass is 35.5. The first-order chi connectivity index (χ1) is 10.2. The van der Waals surface area contributed by atoms with E-state index in [2.05, 4.69) is 36.5 Å². The van der Waals surface area contributed by atoms with Gasteiger partial charge < -0.3 is 10.1 Å². The SMILES string of the molecule is C[C@H](NCC1CCOc2ccccc21)c1cccc(Cl)c1. The van der Waals surface area contributed by atoms with Crippen molar-refractivity contribution in [2.45, 2.75) is 25.3 Å². The highest BCUT2D eigenvalue weighted by Crippen LogP contribution is 2.33. The topological polar surface area (TPSA) is 21.3 Å². The Morgan fingerprint density at radius 3 is 2.95 bits per heavy atom. The molecule has 2 aromatic rings. The van der Waals surface area contributed by atoms with Gasteiger partial charge >= 0.3 is 0 Å². The van der Waals surface area contributed by atoms with Crippen molar-refractivity contribution in [1.82, 2.24) is 5.32 Å². The van der Waals surface area contributed by atoms with E-state index in [4.69, 9.17) is 16.3 Å². The molecule has 0 aromatic heterocycles. The van der Waals surface area contributed by atoms with Gasteiger partial charge in [0, 0.05) is 23.5 Å². The molecule has 21 heavy (non-hydrogen) atoms. The van der Waals surface area contributed by atoms with E-state index in [1.165, 1.54) is 11.1 Å². The van der Waals surface area contributed by atoms with Gasteiger partial charge in [0.1, 0.15) is 5.75 Å². The second-order valence-electron chi connectivity index (χ2n) is 5.56. The van der Waals surface area contributed by atoms with Crippen LogP contribution in [-0.2, 0) is 0 Å². The maximum absolute atomic E-state index is 6.06. The third-order valence-electron chi connectivity index (χ3n) is 4.10. The summed E-state index contributed by atoms with van der Waals surface area (Å²) in [6.45, 7) is 3.93. The van der Waals surface area contributed by atoms with E-state index < -0.39 is 0 Å². The van der Waals surface area contributed by atoms with E-state index in [1.807, 2.05) is 24.3 Å². The fourth-order valence-corrected chi connectivity index (χ4v) is 3.04. The van der Waals surface area contributed by atoms with Crippen LogP contribution >= 0.6 is 11.6 Å². The minimum Gasteiger partial charge on any atom is -0.493 e. The minimum absolute atomic E-state index is 0.290. The van der Waals surface area contributed by atoms with E-state index in [1.54, 1.807) is 0 Å². The number of nitrogens with one attached hydrogen (secondary N) is 1. The van der Waals surface area contributed by atoms with Crippen LogP contribution in [0.15, 0.2) is 48.5 Å². The van der Waals surface area contributed by atoms with E-state index in [9.17, 15) is 0 Å². The predicted octanol–water partition coefficient (Wildman–Crippen LogP) is 4.56. The summed E-state index contributed by atoms with van der Waals surface area (Å²) < 4.78 is 5.72. The summed E-state index contributed by atoms with van der Waals surface area (Å²) in [6, 6.07) is 16.7. The summed E-state index contributed by atoms with van der Waals surface area (Å²) in [5.41, 5.74) is 2.54. The van der Waals surface area contributed by atoms with Crippen molar-refractivity contribution in [3.05, 3.63) is 64.7 Å². The summed E-state index contributed by atoms with van der Waals surface area (Å²) in [5, 5.41) is 4.41. The first kappa shape index (κ1) is 14.4. The van der Waals surface area contributed by atoms with Crippen molar-refractivity contribution < 1.29 is 4.74 Å². The highest BCUT2D eigenvalue weighted by Gasteiger charge is 2.21. The van der Waals surface area contributed by atoms with Crippen LogP contribution in [0.2, 0.25) is 5.02 Å². The van der Waals surface area contributed by atoms with E-state index in [0.717, 1.165) is 30.3 Å². The molecule has 1 heterocycles. The van der Waals surface area contributed by atoms with Gasteiger partial charge in [0.25, 0.3) is 0 Å². The zero-order valence-corrected chi connectivity index (χ0v) is 12.9. The molecule has 2 aromatic carbocycles. The van der Waals surface area contributed by atoms with Gasteiger partial charge in [-0.05, 0) is 42.7 Å². The van der Waals surface area contributed by atoms with Gasteiger partial charge in [0.2, 0.25) is 0 Å². The van der Waals surface area contributed by atoms with Crippen LogP contribution in [0, 0.1) is 0 Å². The first-order valence-corrected chi connectivity index (χ1v) is 7.82. The summed E-state index contributed by atoms with van der Waals surface area (Å²) in [5.74, 6) is 1.54. The molecule has 0 spiro atoms. The Morgan fingerprint density at radius 2 is 2.10 bits per heavy atom. The molecule has 0 saturated carbocycles. The molecule has 3 heteroatoms. The van der Waals surface area contributed by atoms with Crippen LogP contribution in [-0.4, -0.2) is 13.2 Å². The molecule has 2 atom stereocenters. The molecule has 0 radical (unpaired) electrons. The van der Waals surface area contributed by atoms with Crippen molar-refractivity contribution in [3.63, 3.8) is 0 Å². The fourth-order valence-electron chi connectivity index (χ4n) is 2.84. The van der Waals surface area contributed by atoms with Crippen molar-refractivity contribution in [2.75, 3.05) is 13.2 Å². The second kappa shape index (κ2) is 6.50. The lowest BCUT2D eigenvalue weighted by atomic mass is 9.92. The monoisotopic (exact) mass is 301 g/mol. The smallest absolute Gasteiger partial charge is 0.122 e. The number of rotatable bonds is 4. The van der Waals surface area contributed by atoms with Crippen LogP contribution < -0.4 is 10.1 Å². The van der Waals surface area contributed by atoms with Gasteiger partial charge in [0.15, 0.2) is 0 Å². The largest absolute Gasteiger partial charge is 0.493 e. The average molecular weight is 302 g/mol. The number of hydrogen-bond donors (Lipinski definition) is 1. The van der Waals surface area contributed by atoms with Gasteiger partial charge in [0.05, 0.1) is 6.61 Å². The maximum atomic E-state index is 6.06. The average Bonchev–Trinajstić information content (AvgIpc) is 2.52. The quantitative estimate of drug-likeness (QED) is 0.894. The van der Waals surface area contributed by atoms with Crippen molar-refractivity contribution >= 4 is 11.6 Å². The van der Waals surface area contributed by atoms with Crippen molar-refractivity contribution in [2.24, 2.45) is 0 Å². The molecule has 0 fully saturated rings. The number of hydrogen-bond acceptors (Lipinski definition) is 2. The van der Waals surface area contributed by atoms with E-state index in [0.29, 0.717) is 12.0 Å². The predicted molar refractivity (Wildman–Crippen MR) is 87.2 cm³/mol. The van der Waals surface area contributed by atoms with Crippen LogP contribution in [0.3, 0.4) is 0 Å². The molecule has 0 saturated heterocycles. The molecule has 1 unspecified atom stereocenters. The van der Waals surface area contributed by atoms with E-state index >= 15 is 0 Å². The Hall–Kier alpha value is -1.51. The minimum atomic E-state index is 0.290. The van der Waals surface area contributed by atoms with Gasteiger partial charge in [-0.25, -0.2) is 0 Å². The zero-order chi connectivity index (χ0) is 14.7. The third kappa shape index (κ3) is 3.39. The molecule has 3 rings (SSSR count). The Kier molecular flexibility index (Phi) is 4.47. The normalized spacial score (nSPS) is 18.7.